The normalized spacial score (nSPS) is 21.6. The van der Waals surface area contributed by atoms with E-state index in [1.54, 1.807) is 0 Å². The van der Waals surface area contributed by atoms with Gasteiger partial charge in [-0.3, -0.25) is 0 Å². The molecule has 1 fully saturated rings. The number of rotatable bonds is 4. The van der Waals surface area contributed by atoms with E-state index in [1.165, 1.54) is 12.1 Å². The fourth-order valence-corrected chi connectivity index (χ4v) is 2.12. The predicted octanol–water partition coefficient (Wildman–Crippen LogP) is 1.52. The molecule has 90 valence electrons. The highest BCUT2D eigenvalue weighted by molar-refractivity contribution is 5.11. The summed E-state index contributed by atoms with van der Waals surface area (Å²) in [6.07, 6.45) is 6.55. The molecule has 1 saturated heterocycles. The second-order valence-corrected chi connectivity index (χ2v) is 4.94. The van der Waals surface area contributed by atoms with E-state index in [0.717, 1.165) is 19.6 Å². The largest absolute Gasteiger partial charge is 0.376 e. The molecule has 0 spiro atoms. The Kier molecular flexibility index (Phi) is 3.30. The van der Waals surface area contributed by atoms with Gasteiger partial charge in [-0.1, -0.05) is 0 Å². The van der Waals surface area contributed by atoms with Crippen molar-refractivity contribution in [1.29, 1.82) is 0 Å². The van der Waals surface area contributed by atoms with Crippen LogP contribution in [0.15, 0.2) is 12.5 Å². The first kappa shape index (κ1) is 11.6. The molecule has 1 aromatic rings. The van der Waals surface area contributed by atoms with Crippen molar-refractivity contribution < 1.29 is 4.74 Å². The van der Waals surface area contributed by atoms with Crippen LogP contribution in [0.25, 0.3) is 0 Å². The quantitative estimate of drug-likeness (QED) is 0.841. The van der Waals surface area contributed by atoms with E-state index in [9.17, 15) is 0 Å². The topological polar surface area (TPSA) is 39.1 Å². The molecule has 16 heavy (non-hydrogen) atoms. The Bertz CT molecular complexity index is 340. The fourth-order valence-electron chi connectivity index (χ4n) is 2.12. The van der Waals surface area contributed by atoms with Gasteiger partial charge in [0.1, 0.15) is 0 Å². The van der Waals surface area contributed by atoms with Crippen LogP contribution in [0, 0.1) is 0 Å². The van der Waals surface area contributed by atoms with E-state index >= 15 is 0 Å². The minimum absolute atomic E-state index is 0.0465. The monoisotopic (exact) mass is 223 g/mol. The van der Waals surface area contributed by atoms with Crippen LogP contribution in [0.1, 0.15) is 32.4 Å². The maximum absolute atomic E-state index is 5.66. The summed E-state index contributed by atoms with van der Waals surface area (Å²) < 4.78 is 7.86. The maximum Gasteiger partial charge on any atom is 0.0949 e. The molecule has 1 unspecified atom stereocenters. The number of imidazole rings is 1. The Hall–Kier alpha value is -0.870. The summed E-state index contributed by atoms with van der Waals surface area (Å²) in [6.45, 7) is 6.15. The van der Waals surface area contributed by atoms with Gasteiger partial charge in [-0.2, -0.15) is 0 Å². The van der Waals surface area contributed by atoms with E-state index in [1.807, 2.05) is 19.6 Å². The smallest absolute Gasteiger partial charge is 0.0949 e. The van der Waals surface area contributed by atoms with Gasteiger partial charge >= 0.3 is 0 Å². The second kappa shape index (κ2) is 4.55. The van der Waals surface area contributed by atoms with Gasteiger partial charge in [0, 0.05) is 12.8 Å². The molecule has 0 saturated carbocycles. The summed E-state index contributed by atoms with van der Waals surface area (Å²) in [7, 11) is 1.98. The average Bonchev–Trinajstić information content (AvgIpc) is 2.89. The summed E-state index contributed by atoms with van der Waals surface area (Å²) in [5.41, 5.74) is 1.17. The molecule has 2 heterocycles. The van der Waals surface area contributed by atoms with Crippen LogP contribution in [0.4, 0.5) is 0 Å². The van der Waals surface area contributed by atoms with Crippen LogP contribution in [-0.4, -0.2) is 29.3 Å². The molecule has 1 aromatic heterocycles. The third-order valence-corrected chi connectivity index (χ3v) is 3.40. The third-order valence-electron chi connectivity index (χ3n) is 3.40. The van der Waals surface area contributed by atoms with Gasteiger partial charge in [0.05, 0.1) is 30.2 Å². The van der Waals surface area contributed by atoms with Gasteiger partial charge in [-0.05, 0) is 33.7 Å². The summed E-state index contributed by atoms with van der Waals surface area (Å²) >= 11 is 0. The molecule has 1 aliphatic rings. The zero-order valence-corrected chi connectivity index (χ0v) is 10.4. The first-order valence-electron chi connectivity index (χ1n) is 5.94. The van der Waals surface area contributed by atoms with E-state index in [0.29, 0.717) is 6.10 Å². The van der Waals surface area contributed by atoms with E-state index in [2.05, 4.69) is 28.7 Å². The minimum Gasteiger partial charge on any atom is -0.376 e. The molecule has 1 N–H and O–H groups in total. The molecule has 0 amide bonds. The average molecular weight is 223 g/mol. The fraction of sp³-hybridized carbons (Fsp3) is 0.750. The van der Waals surface area contributed by atoms with Crippen LogP contribution >= 0.6 is 0 Å². The molecule has 4 heteroatoms. The van der Waals surface area contributed by atoms with Gasteiger partial charge in [-0.25, -0.2) is 4.98 Å². The lowest BCUT2D eigenvalue weighted by atomic mass is 10.0. The second-order valence-electron chi connectivity index (χ2n) is 4.94. The Balaban J connectivity index is 2.12. The Morgan fingerprint density at radius 3 is 3.06 bits per heavy atom. The Labute approximate surface area is 97.0 Å². The van der Waals surface area contributed by atoms with Crippen LogP contribution in [0.3, 0.4) is 0 Å². The van der Waals surface area contributed by atoms with Gasteiger partial charge < -0.3 is 14.6 Å². The van der Waals surface area contributed by atoms with E-state index in [4.69, 9.17) is 4.74 Å². The standard InChI is InChI=1S/C12H21N3O/c1-12(2,13-3)11-7-14-9-15(11)8-10-5-4-6-16-10/h7,9-10,13H,4-6,8H2,1-3H3. The maximum atomic E-state index is 5.66. The first-order valence-corrected chi connectivity index (χ1v) is 5.94. The van der Waals surface area contributed by atoms with Crippen molar-refractivity contribution in [3.63, 3.8) is 0 Å². The van der Waals surface area contributed by atoms with E-state index in [-0.39, 0.29) is 5.54 Å². The molecular weight excluding hydrogens is 202 g/mol. The lowest BCUT2D eigenvalue weighted by Gasteiger charge is -2.26. The number of nitrogens with zero attached hydrogens (tertiary/aromatic N) is 2. The van der Waals surface area contributed by atoms with Gasteiger partial charge in [0.15, 0.2) is 0 Å². The van der Waals surface area contributed by atoms with Crippen LogP contribution < -0.4 is 5.32 Å². The summed E-state index contributed by atoms with van der Waals surface area (Å²) in [5.74, 6) is 0. The molecule has 0 aromatic carbocycles. The highest BCUT2D eigenvalue weighted by atomic mass is 16.5. The van der Waals surface area contributed by atoms with Gasteiger partial charge in [0.25, 0.3) is 0 Å². The number of ether oxygens (including phenoxy) is 1. The number of aromatic nitrogens is 2. The van der Waals surface area contributed by atoms with Gasteiger partial charge in [-0.15, -0.1) is 0 Å². The highest BCUT2D eigenvalue weighted by Gasteiger charge is 2.24. The molecular formula is C12H21N3O. The van der Waals surface area contributed by atoms with Crippen molar-refractivity contribution in [1.82, 2.24) is 14.9 Å². The molecule has 1 atom stereocenters. The highest BCUT2D eigenvalue weighted by Crippen LogP contribution is 2.21. The lowest BCUT2D eigenvalue weighted by molar-refractivity contribution is 0.0953. The molecule has 0 aliphatic carbocycles. The number of hydrogen-bond donors (Lipinski definition) is 1. The molecule has 4 nitrogen and oxygen atoms in total. The number of nitrogens with one attached hydrogen (secondary N) is 1. The Morgan fingerprint density at radius 1 is 1.62 bits per heavy atom. The first-order chi connectivity index (χ1) is 7.63. The zero-order valence-electron chi connectivity index (χ0n) is 10.4. The van der Waals surface area contributed by atoms with Crippen LogP contribution in [-0.2, 0) is 16.8 Å². The summed E-state index contributed by atoms with van der Waals surface area (Å²) in [5, 5.41) is 3.31. The van der Waals surface area contributed by atoms with Crippen LogP contribution in [0.5, 0.6) is 0 Å². The summed E-state index contributed by atoms with van der Waals surface area (Å²) in [6, 6.07) is 0. The van der Waals surface area contributed by atoms with E-state index < -0.39 is 0 Å². The summed E-state index contributed by atoms with van der Waals surface area (Å²) in [4.78, 5) is 4.25. The van der Waals surface area contributed by atoms with Crippen molar-refractivity contribution in [2.24, 2.45) is 0 Å². The third kappa shape index (κ3) is 2.28. The molecule has 0 radical (unpaired) electrons. The van der Waals surface area contributed by atoms with Crippen molar-refractivity contribution in [3.05, 3.63) is 18.2 Å². The van der Waals surface area contributed by atoms with Crippen molar-refractivity contribution in [3.8, 4) is 0 Å². The SMILES string of the molecule is CNC(C)(C)c1cncn1CC1CCCO1. The van der Waals surface area contributed by atoms with Crippen molar-refractivity contribution in [2.45, 2.75) is 44.9 Å². The molecule has 2 rings (SSSR count). The molecule has 0 bridgehead atoms. The van der Waals surface area contributed by atoms with Gasteiger partial charge in [0.2, 0.25) is 0 Å². The van der Waals surface area contributed by atoms with Crippen molar-refractivity contribution >= 4 is 0 Å². The zero-order chi connectivity index (χ0) is 11.6. The lowest BCUT2D eigenvalue weighted by Crippen LogP contribution is -2.36. The van der Waals surface area contributed by atoms with Crippen molar-refractivity contribution in [2.75, 3.05) is 13.7 Å². The minimum atomic E-state index is -0.0465. The predicted molar refractivity (Wildman–Crippen MR) is 63.3 cm³/mol. The van der Waals surface area contributed by atoms with Crippen LogP contribution in [0.2, 0.25) is 0 Å². The Morgan fingerprint density at radius 2 is 2.44 bits per heavy atom. The molecule has 1 aliphatic heterocycles. The number of hydrogen-bond acceptors (Lipinski definition) is 3.